The van der Waals surface area contributed by atoms with Gasteiger partial charge in [0.1, 0.15) is 17.0 Å². The second kappa shape index (κ2) is 6.91. The lowest BCUT2D eigenvalue weighted by atomic mass is 10.1. The summed E-state index contributed by atoms with van der Waals surface area (Å²) in [6.45, 7) is 5.10. The quantitative estimate of drug-likeness (QED) is 0.867. The minimum atomic E-state index is -3.74. The zero-order chi connectivity index (χ0) is 17.0. The predicted octanol–water partition coefficient (Wildman–Crippen LogP) is 2.29. The molecule has 8 heteroatoms. The second-order valence-electron chi connectivity index (χ2n) is 5.11. The Bertz CT molecular complexity index is 780. The smallest absolute Gasteiger partial charge is 0.270 e. The second-order valence-corrected chi connectivity index (χ2v) is 7.07. The highest BCUT2D eigenvalue weighted by Gasteiger charge is 2.28. The summed E-state index contributed by atoms with van der Waals surface area (Å²) in [7, 11) is -3.74. The van der Waals surface area contributed by atoms with Gasteiger partial charge in [-0.15, -0.1) is 0 Å². The first kappa shape index (κ1) is 17.1. The largest absolute Gasteiger partial charge is 0.360 e. The third-order valence-corrected chi connectivity index (χ3v) is 5.64. The molecule has 0 aliphatic carbocycles. The van der Waals surface area contributed by atoms with E-state index in [1.807, 2.05) is 0 Å². The maximum atomic E-state index is 12.5. The molecule has 1 amide bonds. The summed E-state index contributed by atoms with van der Waals surface area (Å²) in [6, 6.07) is 3.34. The van der Waals surface area contributed by atoms with Crippen molar-refractivity contribution in [1.29, 1.82) is 0 Å². The molecule has 0 aliphatic heterocycles. The van der Waals surface area contributed by atoms with E-state index in [-0.39, 0.29) is 11.3 Å². The minimum Gasteiger partial charge on any atom is -0.360 e. The molecule has 0 bridgehead atoms. The van der Waals surface area contributed by atoms with Crippen molar-refractivity contribution in [2.45, 2.75) is 38.9 Å². The van der Waals surface area contributed by atoms with Gasteiger partial charge in [-0.2, -0.15) is 0 Å². The van der Waals surface area contributed by atoms with Gasteiger partial charge in [0.15, 0.2) is 0 Å². The number of sulfonamides is 1. The molecule has 2 heterocycles. The number of hydrogen-bond donors (Lipinski definition) is 1. The van der Waals surface area contributed by atoms with Crippen LogP contribution in [0.4, 0.5) is 0 Å². The van der Waals surface area contributed by atoms with Gasteiger partial charge in [0.2, 0.25) is 10.0 Å². The summed E-state index contributed by atoms with van der Waals surface area (Å²) >= 11 is 0. The first-order valence-corrected chi connectivity index (χ1v) is 8.88. The van der Waals surface area contributed by atoms with Crippen LogP contribution in [-0.2, 0) is 10.0 Å². The van der Waals surface area contributed by atoms with Gasteiger partial charge in [-0.05, 0) is 31.9 Å². The fraction of sp³-hybridized carbons (Fsp3) is 0.400. The maximum absolute atomic E-state index is 12.5. The molecular weight excluding hydrogens is 318 g/mol. The number of nitrogens with zero attached hydrogens (tertiary/aromatic N) is 2. The molecule has 1 N–H and O–H groups in total. The number of aromatic nitrogens is 2. The van der Waals surface area contributed by atoms with Gasteiger partial charge in [-0.25, -0.2) is 13.1 Å². The molecule has 0 radical (unpaired) electrons. The van der Waals surface area contributed by atoms with Crippen LogP contribution < -0.4 is 4.72 Å². The van der Waals surface area contributed by atoms with Crippen LogP contribution in [0.2, 0.25) is 0 Å². The van der Waals surface area contributed by atoms with Crippen LogP contribution in [0.15, 0.2) is 29.0 Å². The SMILES string of the molecule is CCC(CC)S(=O)(=O)NC(=O)c1c(-c2ccncc2)noc1C. The molecule has 0 aromatic carbocycles. The van der Waals surface area contributed by atoms with Gasteiger partial charge in [0.25, 0.3) is 5.91 Å². The van der Waals surface area contributed by atoms with Crippen LogP contribution in [0.3, 0.4) is 0 Å². The number of carbonyl (C=O) groups is 1. The summed E-state index contributed by atoms with van der Waals surface area (Å²) < 4.78 is 31.7. The van der Waals surface area contributed by atoms with E-state index in [0.29, 0.717) is 24.1 Å². The van der Waals surface area contributed by atoms with E-state index >= 15 is 0 Å². The van der Waals surface area contributed by atoms with Crippen molar-refractivity contribution in [3.05, 3.63) is 35.9 Å². The van der Waals surface area contributed by atoms with Crippen LogP contribution in [0.1, 0.15) is 42.8 Å². The Labute approximate surface area is 135 Å². The van der Waals surface area contributed by atoms with Gasteiger partial charge in [0, 0.05) is 18.0 Å². The topological polar surface area (TPSA) is 102 Å². The molecule has 7 nitrogen and oxygen atoms in total. The van der Waals surface area contributed by atoms with Crippen molar-refractivity contribution in [3.63, 3.8) is 0 Å². The van der Waals surface area contributed by atoms with Crippen molar-refractivity contribution in [1.82, 2.24) is 14.9 Å². The number of aryl methyl sites for hydroxylation is 1. The van der Waals surface area contributed by atoms with Crippen molar-refractivity contribution in [2.24, 2.45) is 0 Å². The number of amides is 1. The average molecular weight is 337 g/mol. The lowest BCUT2D eigenvalue weighted by molar-refractivity contribution is 0.0980. The summed E-state index contributed by atoms with van der Waals surface area (Å²) in [5.41, 5.74) is 1.04. The normalized spacial score (nSPS) is 11.7. The highest BCUT2D eigenvalue weighted by Crippen LogP contribution is 2.25. The van der Waals surface area contributed by atoms with Crippen LogP contribution >= 0.6 is 0 Å². The van der Waals surface area contributed by atoms with E-state index in [4.69, 9.17) is 4.52 Å². The van der Waals surface area contributed by atoms with E-state index in [1.54, 1.807) is 45.3 Å². The molecule has 2 rings (SSSR count). The standard InChI is InChI=1S/C15H19N3O4S/c1-4-12(5-2)23(20,21)18-15(19)13-10(3)22-17-14(13)11-6-8-16-9-7-11/h6-9,12H,4-5H2,1-3H3,(H,18,19). The molecule has 0 aliphatic rings. The Kier molecular flexibility index (Phi) is 5.15. The molecule has 0 spiro atoms. The molecular formula is C15H19N3O4S. The molecule has 0 atom stereocenters. The van der Waals surface area contributed by atoms with E-state index < -0.39 is 21.2 Å². The van der Waals surface area contributed by atoms with Crippen molar-refractivity contribution < 1.29 is 17.7 Å². The van der Waals surface area contributed by atoms with Crippen molar-refractivity contribution in [2.75, 3.05) is 0 Å². The average Bonchev–Trinajstić information content (AvgIpc) is 2.90. The molecule has 0 fully saturated rings. The Morgan fingerprint density at radius 2 is 1.87 bits per heavy atom. The lowest BCUT2D eigenvalue weighted by Gasteiger charge is -2.14. The summed E-state index contributed by atoms with van der Waals surface area (Å²) in [4.78, 5) is 16.4. The van der Waals surface area contributed by atoms with Gasteiger partial charge >= 0.3 is 0 Å². The number of rotatable bonds is 6. The van der Waals surface area contributed by atoms with Crippen molar-refractivity contribution in [3.8, 4) is 11.3 Å². The predicted molar refractivity (Wildman–Crippen MR) is 85.2 cm³/mol. The van der Waals surface area contributed by atoms with E-state index in [1.165, 1.54) is 0 Å². The first-order valence-electron chi connectivity index (χ1n) is 7.33. The van der Waals surface area contributed by atoms with E-state index in [2.05, 4.69) is 14.9 Å². The van der Waals surface area contributed by atoms with E-state index in [0.717, 1.165) is 0 Å². The minimum absolute atomic E-state index is 0.116. The van der Waals surface area contributed by atoms with Crippen LogP contribution in [-0.4, -0.2) is 29.7 Å². The molecule has 0 saturated heterocycles. The maximum Gasteiger partial charge on any atom is 0.270 e. The van der Waals surface area contributed by atoms with Gasteiger partial charge < -0.3 is 4.52 Å². The third kappa shape index (κ3) is 3.58. The molecule has 0 unspecified atom stereocenters. The molecule has 124 valence electrons. The fourth-order valence-corrected chi connectivity index (χ4v) is 3.74. The van der Waals surface area contributed by atoms with E-state index in [9.17, 15) is 13.2 Å². The monoisotopic (exact) mass is 337 g/mol. The Morgan fingerprint density at radius 1 is 1.26 bits per heavy atom. The molecule has 2 aromatic rings. The molecule has 23 heavy (non-hydrogen) atoms. The van der Waals surface area contributed by atoms with Crippen molar-refractivity contribution >= 4 is 15.9 Å². The van der Waals surface area contributed by atoms with Gasteiger partial charge in [0.05, 0.1) is 5.25 Å². The zero-order valence-electron chi connectivity index (χ0n) is 13.2. The lowest BCUT2D eigenvalue weighted by Crippen LogP contribution is -2.38. The fourth-order valence-electron chi connectivity index (χ4n) is 2.34. The summed E-state index contributed by atoms with van der Waals surface area (Å²) in [5.74, 6) is -0.475. The first-order chi connectivity index (χ1) is 10.9. The van der Waals surface area contributed by atoms with Crippen LogP contribution in [0.25, 0.3) is 11.3 Å². The molecule has 0 saturated carbocycles. The van der Waals surface area contributed by atoms with Crippen LogP contribution in [0.5, 0.6) is 0 Å². The summed E-state index contributed by atoms with van der Waals surface area (Å²) in [6.07, 6.45) is 3.97. The zero-order valence-corrected chi connectivity index (χ0v) is 14.1. The number of hydrogen-bond acceptors (Lipinski definition) is 6. The Balaban J connectivity index is 2.36. The van der Waals surface area contributed by atoms with Gasteiger partial charge in [-0.1, -0.05) is 19.0 Å². The van der Waals surface area contributed by atoms with Crippen LogP contribution in [0, 0.1) is 6.92 Å². The molecule has 2 aromatic heterocycles. The number of nitrogens with one attached hydrogen (secondary N) is 1. The Morgan fingerprint density at radius 3 is 2.43 bits per heavy atom. The summed E-state index contributed by atoms with van der Waals surface area (Å²) in [5, 5.41) is 3.25. The Hall–Kier alpha value is -2.22. The van der Waals surface area contributed by atoms with Gasteiger partial charge in [-0.3, -0.25) is 9.78 Å². The third-order valence-electron chi connectivity index (χ3n) is 3.63. The highest BCUT2D eigenvalue weighted by molar-refractivity contribution is 7.90. The highest BCUT2D eigenvalue weighted by atomic mass is 32.2. The number of carbonyl (C=O) groups excluding carboxylic acids is 1. The number of pyridine rings is 1.